The summed E-state index contributed by atoms with van der Waals surface area (Å²) >= 11 is 0. The molecule has 0 aliphatic carbocycles. The third-order valence-corrected chi connectivity index (χ3v) is 2.31. The molecule has 6 nitrogen and oxygen atoms in total. The number of aromatic nitrogens is 3. The zero-order valence-corrected chi connectivity index (χ0v) is 6.72. The van der Waals surface area contributed by atoms with Gasteiger partial charge in [0.05, 0.1) is 5.75 Å². The number of nitrogens with one attached hydrogen (secondary N) is 2. The summed E-state index contributed by atoms with van der Waals surface area (Å²) in [6.07, 6.45) is 1.23. The third kappa shape index (κ3) is 2.19. The molecule has 0 fully saturated rings. The second-order valence-corrected chi connectivity index (χ2v) is 3.85. The molecule has 7 heteroatoms. The number of H-pyrrole nitrogens is 1. The molecule has 0 amide bonds. The first-order chi connectivity index (χ1) is 5.14. The van der Waals surface area contributed by atoms with Gasteiger partial charge < -0.3 is 0 Å². The maximum absolute atomic E-state index is 10.9. The summed E-state index contributed by atoms with van der Waals surface area (Å²) in [6.45, 7) is 1.54. The van der Waals surface area contributed by atoms with E-state index in [1.807, 2.05) is 0 Å². The minimum Gasteiger partial charge on any atom is -0.252 e. The van der Waals surface area contributed by atoms with Gasteiger partial charge in [-0.15, -0.1) is 0 Å². The third-order valence-electron chi connectivity index (χ3n) is 1.05. The Balaban J connectivity index is 2.72. The van der Waals surface area contributed by atoms with Crippen molar-refractivity contribution in [2.45, 2.75) is 6.92 Å². The van der Waals surface area contributed by atoms with E-state index < -0.39 is 10.0 Å². The number of sulfonamides is 1. The van der Waals surface area contributed by atoms with Gasteiger partial charge in [-0.1, -0.05) is 0 Å². The van der Waals surface area contributed by atoms with Crippen molar-refractivity contribution in [2.75, 3.05) is 10.5 Å². The molecule has 0 saturated carbocycles. The molecule has 2 N–H and O–H groups in total. The van der Waals surface area contributed by atoms with Crippen molar-refractivity contribution in [3.63, 3.8) is 0 Å². The minimum atomic E-state index is -3.23. The molecule has 0 saturated heterocycles. The van der Waals surface area contributed by atoms with Crippen LogP contribution in [-0.2, 0) is 10.0 Å². The van der Waals surface area contributed by atoms with Gasteiger partial charge in [-0.25, -0.2) is 13.5 Å². The molecule has 0 spiro atoms. The van der Waals surface area contributed by atoms with E-state index in [1.165, 1.54) is 6.33 Å². The molecule has 0 aromatic carbocycles. The fourth-order valence-corrected chi connectivity index (χ4v) is 1.01. The van der Waals surface area contributed by atoms with E-state index in [9.17, 15) is 8.42 Å². The van der Waals surface area contributed by atoms with Crippen LogP contribution < -0.4 is 4.72 Å². The molecule has 1 aromatic heterocycles. The van der Waals surface area contributed by atoms with Crippen molar-refractivity contribution in [2.24, 2.45) is 0 Å². The summed E-state index contributed by atoms with van der Waals surface area (Å²) in [5, 5.41) is 5.85. The Labute approximate surface area is 64.1 Å². The smallest absolute Gasteiger partial charge is 0.234 e. The lowest BCUT2D eigenvalue weighted by atomic mass is 11.0. The molecular weight excluding hydrogens is 168 g/mol. The van der Waals surface area contributed by atoms with Gasteiger partial charge in [0.25, 0.3) is 0 Å². The van der Waals surface area contributed by atoms with Crippen LogP contribution in [0.1, 0.15) is 6.92 Å². The number of hydrogen-bond donors (Lipinski definition) is 2. The molecule has 0 unspecified atom stereocenters. The SMILES string of the molecule is CCS(=O)(=O)Nc1ncn[nH]1. The summed E-state index contributed by atoms with van der Waals surface area (Å²) < 4.78 is 23.9. The first kappa shape index (κ1) is 7.99. The van der Waals surface area contributed by atoms with Crippen LogP contribution in [-0.4, -0.2) is 29.4 Å². The molecule has 1 heterocycles. The summed E-state index contributed by atoms with van der Waals surface area (Å²) in [5.41, 5.74) is 0. The second-order valence-electron chi connectivity index (χ2n) is 1.84. The number of rotatable bonds is 3. The molecule has 1 aromatic rings. The van der Waals surface area contributed by atoms with Crippen molar-refractivity contribution in [3.05, 3.63) is 6.33 Å². The Hall–Kier alpha value is -1.11. The van der Waals surface area contributed by atoms with Gasteiger partial charge in [0.1, 0.15) is 6.33 Å². The molecule has 0 aliphatic rings. The van der Waals surface area contributed by atoms with Crippen LogP contribution in [0.2, 0.25) is 0 Å². The Morgan fingerprint density at radius 2 is 2.45 bits per heavy atom. The lowest BCUT2D eigenvalue weighted by molar-refractivity contribution is 0.602. The van der Waals surface area contributed by atoms with Crippen molar-refractivity contribution in [1.82, 2.24) is 15.2 Å². The monoisotopic (exact) mass is 176 g/mol. The highest BCUT2D eigenvalue weighted by molar-refractivity contribution is 7.92. The van der Waals surface area contributed by atoms with Crippen LogP contribution >= 0.6 is 0 Å². The second kappa shape index (κ2) is 2.87. The molecule has 0 atom stereocenters. The van der Waals surface area contributed by atoms with E-state index in [2.05, 4.69) is 19.9 Å². The first-order valence-electron chi connectivity index (χ1n) is 3.00. The van der Waals surface area contributed by atoms with Crippen molar-refractivity contribution < 1.29 is 8.42 Å². The standard InChI is InChI=1S/C4H8N4O2S/c1-2-11(9,10)8-4-5-3-6-7-4/h3H,2H2,1H3,(H2,5,6,7,8). The number of hydrogen-bond acceptors (Lipinski definition) is 4. The molecule has 11 heavy (non-hydrogen) atoms. The Kier molecular flexibility index (Phi) is 2.08. The average molecular weight is 176 g/mol. The van der Waals surface area contributed by atoms with Gasteiger partial charge in [0.15, 0.2) is 0 Å². The Morgan fingerprint density at radius 3 is 2.91 bits per heavy atom. The van der Waals surface area contributed by atoms with E-state index in [-0.39, 0.29) is 11.7 Å². The summed E-state index contributed by atoms with van der Waals surface area (Å²) in [5.74, 6) is 0.167. The summed E-state index contributed by atoms with van der Waals surface area (Å²) in [6, 6.07) is 0. The highest BCUT2D eigenvalue weighted by atomic mass is 32.2. The van der Waals surface area contributed by atoms with Crippen molar-refractivity contribution in [3.8, 4) is 0 Å². The Bertz CT molecular complexity index is 303. The lowest BCUT2D eigenvalue weighted by Crippen LogP contribution is -2.15. The molecule has 0 bridgehead atoms. The van der Waals surface area contributed by atoms with Crippen LogP contribution in [0.3, 0.4) is 0 Å². The number of nitrogens with zero attached hydrogens (tertiary/aromatic N) is 2. The van der Waals surface area contributed by atoms with Gasteiger partial charge in [-0.3, -0.25) is 4.72 Å². The maximum Gasteiger partial charge on any atom is 0.234 e. The topological polar surface area (TPSA) is 87.7 Å². The molecule has 0 aliphatic heterocycles. The predicted octanol–water partition coefficient (Wildman–Crippen LogP) is -0.434. The summed E-state index contributed by atoms with van der Waals surface area (Å²) in [7, 11) is -3.23. The van der Waals surface area contributed by atoms with E-state index in [0.717, 1.165) is 0 Å². The predicted molar refractivity (Wildman–Crippen MR) is 39.5 cm³/mol. The number of aromatic amines is 1. The Morgan fingerprint density at radius 1 is 1.73 bits per heavy atom. The highest BCUT2D eigenvalue weighted by Gasteiger charge is 2.07. The molecule has 62 valence electrons. The van der Waals surface area contributed by atoms with Crippen LogP contribution in [0.25, 0.3) is 0 Å². The summed E-state index contributed by atoms with van der Waals surface area (Å²) in [4.78, 5) is 3.59. The molecule has 0 radical (unpaired) electrons. The first-order valence-corrected chi connectivity index (χ1v) is 4.65. The molecule has 1 rings (SSSR count). The zero-order valence-electron chi connectivity index (χ0n) is 5.90. The van der Waals surface area contributed by atoms with Crippen LogP contribution in [0.4, 0.5) is 5.95 Å². The zero-order chi connectivity index (χ0) is 8.32. The molecular formula is C4H8N4O2S. The van der Waals surface area contributed by atoms with Gasteiger partial charge in [-0.2, -0.15) is 10.1 Å². The van der Waals surface area contributed by atoms with E-state index in [0.29, 0.717) is 0 Å². The van der Waals surface area contributed by atoms with Gasteiger partial charge in [0, 0.05) is 0 Å². The fourth-order valence-electron chi connectivity index (χ4n) is 0.474. The fraction of sp³-hybridized carbons (Fsp3) is 0.500. The minimum absolute atomic E-state index is 0.0215. The van der Waals surface area contributed by atoms with Gasteiger partial charge >= 0.3 is 0 Å². The average Bonchev–Trinajstić information content (AvgIpc) is 2.39. The lowest BCUT2D eigenvalue weighted by Gasteiger charge is -1.99. The highest BCUT2D eigenvalue weighted by Crippen LogP contribution is 1.97. The van der Waals surface area contributed by atoms with Gasteiger partial charge in [-0.05, 0) is 6.92 Å². The quantitative estimate of drug-likeness (QED) is 0.654. The van der Waals surface area contributed by atoms with E-state index in [4.69, 9.17) is 0 Å². The number of anilines is 1. The largest absolute Gasteiger partial charge is 0.252 e. The van der Waals surface area contributed by atoms with E-state index >= 15 is 0 Å². The van der Waals surface area contributed by atoms with Crippen LogP contribution in [0.15, 0.2) is 6.33 Å². The van der Waals surface area contributed by atoms with Crippen LogP contribution in [0, 0.1) is 0 Å². The van der Waals surface area contributed by atoms with Crippen LogP contribution in [0.5, 0.6) is 0 Å². The van der Waals surface area contributed by atoms with E-state index in [1.54, 1.807) is 6.92 Å². The normalized spacial score (nSPS) is 11.4. The maximum atomic E-state index is 10.9. The van der Waals surface area contributed by atoms with Gasteiger partial charge in [0.2, 0.25) is 16.0 Å². The van der Waals surface area contributed by atoms with Crippen molar-refractivity contribution >= 4 is 16.0 Å². The van der Waals surface area contributed by atoms with Crippen molar-refractivity contribution in [1.29, 1.82) is 0 Å².